The first-order valence-electron chi connectivity index (χ1n) is 5.29. The van der Waals surface area contributed by atoms with Gasteiger partial charge in [-0.15, -0.1) is 0 Å². The monoisotopic (exact) mass is 230 g/mol. The molecule has 2 aromatic rings. The molecule has 4 N–H and O–H groups in total. The molecule has 0 aliphatic rings. The summed E-state index contributed by atoms with van der Waals surface area (Å²) in [7, 11) is 0. The van der Waals surface area contributed by atoms with E-state index in [-0.39, 0.29) is 5.91 Å². The molecule has 1 heterocycles. The number of nitrogens with two attached hydrogens (primary N) is 1. The predicted octanol–water partition coefficient (Wildman–Crippen LogP) is 1.23. The van der Waals surface area contributed by atoms with Crippen molar-refractivity contribution in [2.45, 2.75) is 13.5 Å². The minimum Gasteiger partial charge on any atom is -0.399 e. The van der Waals surface area contributed by atoms with Crippen LogP contribution in [-0.4, -0.2) is 16.1 Å². The Morgan fingerprint density at radius 1 is 1.53 bits per heavy atom. The largest absolute Gasteiger partial charge is 0.399 e. The van der Waals surface area contributed by atoms with Gasteiger partial charge in [0.1, 0.15) is 0 Å². The van der Waals surface area contributed by atoms with Crippen LogP contribution in [0.5, 0.6) is 0 Å². The van der Waals surface area contributed by atoms with Crippen LogP contribution in [-0.2, 0) is 6.54 Å². The summed E-state index contributed by atoms with van der Waals surface area (Å²) < 4.78 is 0. The molecule has 1 aromatic heterocycles. The number of nitrogen functional groups attached to an aromatic ring is 1. The molecule has 0 unspecified atom stereocenters. The standard InChI is InChI=1S/C12H14N4O/c1-8-10(7-15-16-8)6-14-12(17)9-3-2-4-11(13)5-9/h2-5,7H,6,13H2,1H3,(H,14,17)(H,15,16). The molecule has 0 spiro atoms. The van der Waals surface area contributed by atoms with Crippen LogP contribution in [0.2, 0.25) is 0 Å². The van der Waals surface area contributed by atoms with E-state index in [1.807, 2.05) is 6.92 Å². The first kappa shape index (κ1) is 11.2. The van der Waals surface area contributed by atoms with Crippen molar-refractivity contribution in [3.8, 4) is 0 Å². The number of hydrogen-bond acceptors (Lipinski definition) is 3. The third-order valence-electron chi connectivity index (χ3n) is 2.52. The minimum absolute atomic E-state index is 0.141. The zero-order chi connectivity index (χ0) is 12.3. The number of carbonyl (C=O) groups excluding carboxylic acids is 1. The van der Waals surface area contributed by atoms with Crippen molar-refractivity contribution in [2.75, 3.05) is 5.73 Å². The Bertz CT molecular complexity index is 533. The van der Waals surface area contributed by atoms with Crippen molar-refractivity contribution >= 4 is 11.6 Å². The molecule has 0 aliphatic carbocycles. The molecule has 0 saturated heterocycles. The number of carbonyl (C=O) groups is 1. The number of aryl methyl sites for hydroxylation is 1. The topological polar surface area (TPSA) is 83.8 Å². The molecule has 0 fully saturated rings. The van der Waals surface area contributed by atoms with Gasteiger partial charge in [-0.3, -0.25) is 9.89 Å². The highest BCUT2D eigenvalue weighted by Gasteiger charge is 2.06. The number of aromatic nitrogens is 2. The molecule has 1 amide bonds. The Morgan fingerprint density at radius 2 is 2.35 bits per heavy atom. The van der Waals surface area contributed by atoms with E-state index in [1.54, 1.807) is 30.5 Å². The Labute approximate surface area is 99.0 Å². The van der Waals surface area contributed by atoms with Crippen molar-refractivity contribution in [2.24, 2.45) is 0 Å². The lowest BCUT2D eigenvalue weighted by atomic mass is 10.2. The summed E-state index contributed by atoms with van der Waals surface area (Å²) in [5, 5.41) is 9.53. The highest BCUT2D eigenvalue weighted by molar-refractivity contribution is 5.94. The van der Waals surface area contributed by atoms with E-state index in [9.17, 15) is 4.79 Å². The molecule has 5 nitrogen and oxygen atoms in total. The Morgan fingerprint density at radius 3 is 3.00 bits per heavy atom. The van der Waals surface area contributed by atoms with Gasteiger partial charge >= 0.3 is 0 Å². The molecule has 0 aliphatic heterocycles. The molecule has 17 heavy (non-hydrogen) atoms. The first-order chi connectivity index (χ1) is 8.16. The van der Waals surface area contributed by atoms with Gasteiger partial charge in [-0.2, -0.15) is 5.10 Å². The quantitative estimate of drug-likeness (QED) is 0.693. The SMILES string of the molecule is Cc1[nH]ncc1CNC(=O)c1cccc(N)c1. The lowest BCUT2D eigenvalue weighted by Gasteiger charge is -2.05. The van der Waals surface area contributed by atoms with E-state index < -0.39 is 0 Å². The summed E-state index contributed by atoms with van der Waals surface area (Å²) in [6.45, 7) is 2.37. The third kappa shape index (κ3) is 2.63. The van der Waals surface area contributed by atoms with Gasteiger partial charge in [0.05, 0.1) is 6.20 Å². The fourth-order valence-corrected chi connectivity index (χ4v) is 1.51. The summed E-state index contributed by atoms with van der Waals surface area (Å²) in [4.78, 5) is 11.8. The Kier molecular flexibility index (Phi) is 3.09. The summed E-state index contributed by atoms with van der Waals surface area (Å²) in [5.41, 5.74) is 8.69. The molecule has 1 aromatic carbocycles. The van der Waals surface area contributed by atoms with E-state index in [2.05, 4.69) is 15.5 Å². The summed E-state index contributed by atoms with van der Waals surface area (Å²) in [6.07, 6.45) is 1.70. The lowest BCUT2D eigenvalue weighted by Crippen LogP contribution is -2.22. The highest BCUT2D eigenvalue weighted by Crippen LogP contribution is 2.07. The summed E-state index contributed by atoms with van der Waals surface area (Å²) in [5.74, 6) is -0.141. The fraction of sp³-hybridized carbons (Fsp3) is 0.167. The van der Waals surface area contributed by atoms with E-state index >= 15 is 0 Å². The second-order valence-corrected chi connectivity index (χ2v) is 3.83. The maximum atomic E-state index is 11.8. The number of anilines is 1. The van der Waals surface area contributed by atoms with Crippen LogP contribution < -0.4 is 11.1 Å². The third-order valence-corrected chi connectivity index (χ3v) is 2.52. The number of rotatable bonds is 3. The van der Waals surface area contributed by atoms with Crippen molar-refractivity contribution in [1.29, 1.82) is 0 Å². The number of nitrogens with one attached hydrogen (secondary N) is 2. The van der Waals surface area contributed by atoms with Crippen LogP contribution in [0.3, 0.4) is 0 Å². The number of amides is 1. The molecular weight excluding hydrogens is 216 g/mol. The van der Waals surface area contributed by atoms with Gasteiger partial charge in [-0.25, -0.2) is 0 Å². The Balaban J connectivity index is 2.01. The highest BCUT2D eigenvalue weighted by atomic mass is 16.1. The summed E-state index contributed by atoms with van der Waals surface area (Å²) in [6, 6.07) is 6.88. The van der Waals surface area contributed by atoms with Crippen LogP contribution in [0.25, 0.3) is 0 Å². The van der Waals surface area contributed by atoms with Gasteiger partial charge in [0, 0.05) is 29.1 Å². The molecule has 88 valence electrons. The van der Waals surface area contributed by atoms with Gasteiger partial charge in [-0.1, -0.05) is 6.07 Å². The summed E-state index contributed by atoms with van der Waals surface area (Å²) >= 11 is 0. The van der Waals surface area contributed by atoms with Crippen molar-refractivity contribution < 1.29 is 4.79 Å². The second-order valence-electron chi connectivity index (χ2n) is 3.83. The van der Waals surface area contributed by atoms with Gasteiger partial charge in [0.15, 0.2) is 0 Å². The number of aromatic amines is 1. The molecule has 2 rings (SSSR count). The van der Waals surface area contributed by atoms with Gasteiger partial charge < -0.3 is 11.1 Å². The van der Waals surface area contributed by atoms with Crippen LogP contribution in [0, 0.1) is 6.92 Å². The van der Waals surface area contributed by atoms with Gasteiger partial charge in [0.2, 0.25) is 0 Å². The maximum Gasteiger partial charge on any atom is 0.251 e. The maximum absolute atomic E-state index is 11.8. The van der Waals surface area contributed by atoms with Crippen molar-refractivity contribution in [3.63, 3.8) is 0 Å². The Hall–Kier alpha value is -2.30. The van der Waals surface area contributed by atoms with E-state index in [1.165, 1.54) is 0 Å². The number of H-pyrrole nitrogens is 1. The normalized spacial score (nSPS) is 10.2. The lowest BCUT2D eigenvalue weighted by molar-refractivity contribution is 0.0951. The fourth-order valence-electron chi connectivity index (χ4n) is 1.51. The van der Waals surface area contributed by atoms with Crippen LogP contribution >= 0.6 is 0 Å². The van der Waals surface area contributed by atoms with Crippen molar-refractivity contribution in [1.82, 2.24) is 15.5 Å². The molecule has 5 heteroatoms. The van der Waals surface area contributed by atoms with Crippen molar-refractivity contribution in [3.05, 3.63) is 47.3 Å². The van der Waals surface area contributed by atoms with Crippen LogP contribution in [0.15, 0.2) is 30.5 Å². The van der Waals surface area contributed by atoms with E-state index in [0.29, 0.717) is 17.8 Å². The molecule has 0 atom stereocenters. The van der Waals surface area contributed by atoms with Crippen LogP contribution in [0.4, 0.5) is 5.69 Å². The molecule has 0 saturated carbocycles. The minimum atomic E-state index is -0.141. The zero-order valence-electron chi connectivity index (χ0n) is 9.53. The number of benzene rings is 1. The van der Waals surface area contributed by atoms with Gasteiger partial charge in [-0.05, 0) is 25.1 Å². The predicted molar refractivity (Wildman–Crippen MR) is 65.3 cm³/mol. The zero-order valence-corrected chi connectivity index (χ0v) is 9.53. The van der Waals surface area contributed by atoms with Crippen LogP contribution in [0.1, 0.15) is 21.6 Å². The molecule has 0 radical (unpaired) electrons. The first-order valence-corrected chi connectivity index (χ1v) is 5.29. The number of nitrogens with zero attached hydrogens (tertiary/aromatic N) is 1. The molecular formula is C12H14N4O. The van der Waals surface area contributed by atoms with E-state index in [4.69, 9.17) is 5.73 Å². The number of hydrogen-bond donors (Lipinski definition) is 3. The molecule has 0 bridgehead atoms. The smallest absolute Gasteiger partial charge is 0.251 e. The van der Waals surface area contributed by atoms with Gasteiger partial charge in [0.25, 0.3) is 5.91 Å². The average molecular weight is 230 g/mol. The van der Waals surface area contributed by atoms with E-state index in [0.717, 1.165) is 11.3 Å². The second kappa shape index (κ2) is 4.69. The average Bonchev–Trinajstić information content (AvgIpc) is 2.72.